The van der Waals surface area contributed by atoms with Crippen molar-refractivity contribution in [2.24, 2.45) is 0 Å². The Hall–Kier alpha value is -3.09. The second-order valence-electron chi connectivity index (χ2n) is 8.71. The van der Waals surface area contributed by atoms with Gasteiger partial charge in [0.1, 0.15) is 0 Å². The zero-order valence-electron chi connectivity index (χ0n) is 18.1. The van der Waals surface area contributed by atoms with E-state index >= 15 is 0 Å². The maximum Gasteiger partial charge on any atom is 0.416 e. The van der Waals surface area contributed by atoms with Gasteiger partial charge in [-0.05, 0) is 78.0 Å². The number of halogens is 3. The van der Waals surface area contributed by atoms with Gasteiger partial charge in [-0.1, -0.05) is 36.4 Å². The van der Waals surface area contributed by atoms with Crippen molar-refractivity contribution in [1.82, 2.24) is 9.88 Å². The summed E-state index contributed by atoms with van der Waals surface area (Å²) in [5.74, 6) is 0. The van der Waals surface area contributed by atoms with Crippen LogP contribution in [0.25, 0.3) is 33.2 Å². The highest BCUT2D eigenvalue weighted by Gasteiger charge is 2.30. The van der Waals surface area contributed by atoms with Gasteiger partial charge in [0, 0.05) is 29.2 Å². The average Bonchev–Trinajstić information content (AvgIpc) is 3.44. The molecule has 1 aliphatic heterocycles. The van der Waals surface area contributed by atoms with Gasteiger partial charge in [-0.2, -0.15) is 13.2 Å². The Labute approximate surface area is 190 Å². The number of hydrogen-bond acceptors (Lipinski definition) is 2. The molecule has 0 bridgehead atoms. The maximum absolute atomic E-state index is 13.1. The van der Waals surface area contributed by atoms with Gasteiger partial charge in [-0.25, -0.2) is 0 Å². The van der Waals surface area contributed by atoms with Crippen LogP contribution in [0.4, 0.5) is 13.2 Å². The Kier molecular flexibility index (Phi) is 5.72. The van der Waals surface area contributed by atoms with Crippen molar-refractivity contribution in [2.45, 2.75) is 31.6 Å². The lowest BCUT2D eigenvalue weighted by molar-refractivity contribution is -0.137. The molecule has 33 heavy (non-hydrogen) atoms. The van der Waals surface area contributed by atoms with E-state index in [1.807, 2.05) is 36.4 Å². The molecule has 0 radical (unpaired) electrons. The molecule has 1 fully saturated rings. The van der Waals surface area contributed by atoms with E-state index in [1.54, 1.807) is 6.07 Å². The van der Waals surface area contributed by atoms with Crippen LogP contribution in [0.3, 0.4) is 0 Å². The predicted octanol–water partition coefficient (Wildman–Crippen LogP) is 6.48. The molecule has 1 saturated heterocycles. The molecule has 1 aromatic heterocycles. The van der Waals surface area contributed by atoms with Crippen LogP contribution in [-0.4, -0.2) is 34.2 Å². The highest BCUT2D eigenvalue weighted by Crippen LogP contribution is 2.34. The summed E-state index contributed by atoms with van der Waals surface area (Å²) in [7, 11) is 0. The molecular formula is C27H25F3N2O. The van der Waals surface area contributed by atoms with E-state index in [9.17, 15) is 18.3 Å². The van der Waals surface area contributed by atoms with Crippen LogP contribution < -0.4 is 0 Å². The molecule has 1 unspecified atom stereocenters. The third-order valence-electron chi connectivity index (χ3n) is 6.48. The first kappa shape index (κ1) is 21.7. The number of aliphatic hydroxyl groups excluding tert-OH is 1. The number of benzene rings is 3. The number of aliphatic hydroxyl groups is 1. The summed E-state index contributed by atoms with van der Waals surface area (Å²) in [5.41, 5.74) is 4.76. The van der Waals surface area contributed by atoms with E-state index in [4.69, 9.17) is 0 Å². The van der Waals surface area contributed by atoms with Gasteiger partial charge in [-0.15, -0.1) is 0 Å². The Balaban J connectivity index is 1.43. The zero-order chi connectivity index (χ0) is 23.0. The highest BCUT2D eigenvalue weighted by molar-refractivity contribution is 5.86. The van der Waals surface area contributed by atoms with Gasteiger partial charge in [-0.3, -0.25) is 4.90 Å². The number of alkyl halides is 3. The van der Waals surface area contributed by atoms with Gasteiger partial charge in [0.05, 0.1) is 12.2 Å². The molecule has 2 N–H and O–H groups in total. The van der Waals surface area contributed by atoms with Gasteiger partial charge >= 0.3 is 6.18 Å². The summed E-state index contributed by atoms with van der Waals surface area (Å²) in [6, 6.07) is 21.6. The second kappa shape index (κ2) is 8.69. The predicted molar refractivity (Wildman–Crippen MR) is 125 cm³/mol. The van der Waals surface area contributed by atoms with E-state index in [0.717, 1.165) is 65.3 Å². The zero-order valence-corrected chi connectivity index (χ0v) is 18.1. The van der Waals surface area contributed by atoms with Gasteiger partial charge in [0.2, 0.25) is 0 Å². The van der Waals surface area contributed by atoms with E-state index in [2.05, 4.69) is 22.0 Å². The van der Waals surface area contributed by atoms with Gasteiger partial charge < -0.3 is 10.1 Å². The maximum atomic E-state index is 13.1. The second-order valence-corrected chi connectivity index (χ2v) is 8.71. The Morgan fingerprint density at radius 2 is 1.58 bits per heavy atom. The molecule has 4 aromatic rings. The minimum atomic E-state index is -4.36. The lowest BCUT2D eigenvalue weighted by Crippen LogP contribution is -2.31. The third kappa shape index (κ3) is 4.54. The van der Waals surface area contributed by atoms with E-state index < -0.39 is 11.7 Å². The molecule has 0 aliphatic carbocycles. The van der Waals surface area contributed by atoms with Gasteiger partial charge in [0.15, 0.2) is 0 Å². The van der Waals surface area contributed by atoms with Crippen LogP contribution in [0.5, 0.6) is 0 Å². The standard InChI is InChI=1S/C27H25F3N2O/c28-27(29,30)23-7-2-6-20(14-23)18-4-1-5-19(12-18)21-9-10-26-22(13-21)15-24(31-26)16-32-11-3-8-25(32)17-33/h1-2,4-7,9-10,12-15,25,31,33H,3,8,11,16-17H2. The minimum Gasteiger partial charge on any atom is -0.395 e. The van der Waals surface area contributed by atoms with E-state index in [1.165, 1.54) is 12.1 Å². The normalized spacial score (nSPS) is 17.2. The largest absolute Gasteiger partial charge is 0.416 e. The average molecular weight is 451 g/mol. The number of nitrogens with one attached hydrogen (secondary N) is 1. The van der Waals surface area contributed by atoms with Crippen molar-refractivity contribution in [1.29, 1.82) is 0 Å². The van der Waals surface area contributed by atoms with Crippen molar-refractivity contribution in [3.63, 3.8) is 0 Å². The molecule has 3 aromatic carbocycles. The Bertz CT molecular complexity index is 1280. The summed E-state index contributed by atoms with van der Waals surface area (Å²) in [5, 5.41) is 10.7. The molecule has 3 nitrogen and oxygen atoms in total. The summed E-state index contributed by atoms with van der Waals surface area (Å²) in [6.07, 6.45) is -2.22. The summed E-state index contributed by atoms with van der Waals surface area (Å²) in [4.78, 5) is 5.78. The fourth-order valence-corrected chi connectivity index (χ4v) is 4.74. The smallest absolute Gasteiger partial charge is 0.395 e. The summed E-state index contributed by atoms with van der Waals surface area (Å²) < 4.78 is 39.4. The lowest BCUT2D eigenvalue weighted by atomic mass is 9.97. The molecule has 5 rings (SSSR count). The number of aromatic nitrogens is 1. The first-order valence-corrected chi connectivity index (χ1v) is 11.2. The Morgan fingerprint density at radius 1 is 0.879 bits per heavy atom. The molecule has 170 valence electrons. The van der Waals surface area contributed by atoms with Crippen molar-refractivity contribution in [2.75, 3.05) is 13.2 Å². The summed E-state index contributed by atoms with van der Waals surface area (Å²) >= 11 is 0. The quantitative estimate of drug-likeness (QED) is 0.365. The molecule has 1 atom stereocenters. The third-order valence-corrected chi connectivity index (χ3v) is 6.48. The minimum absolute atomic E-state index is 0.187. The Morgan fingerprint density at radius 3 is 2.30 bits per heavy atom. The van der Waals surface area contributed by atoms with Crippen LogP contribution in [0.15, 0.2) is 72.8 Å². The number of fused-ring (bicyclic) bond motifs is 1. The van der Waals surface area contributed by atoms with Crippen LogP contribution >= 0.6 is 0 Å². The van der Waals surface area contributed by atoms with Crippen LogP contribution in [0, 0.1) is 0 Å². The van der Waals surface area contributed by atoms with E-state index in [0.29, 0.717) is 5.56 Å². The number of nitrogens with zero attached hydrogens (tertiary/aromatic N) is 1. The topological polar surface area (TPSA) is 39.3 Å². The first-order valence-electron chi connectivity index (χ1n) is 11.2. The highest BCUT2D eigenvalue weighted by atomic mass is 19.4. The lowest BCUT2D eigenvalue weighted by Gasteiger charge is -2.21. The fourth-order valence-electron chi connectivity index (χ4n) is 4.74. The number of rotatable bonds is 5. The SMILES string of the molecule is OCC1CCCN1Cc1cc2cc(-c3cccc(-c4cccc(C(F)(F)F)c4)c3)ccc2[nH]1. The molecule has 0 amide bonds. The number of H-pyrrole nitrogens is 1. The molecule has 0 spiro atoms. The monoisotopic (exact) mass is 450 g/mol. The van der Waals surface area contributed by atoms with Crippen molar-refractivity contribution < 1.29 is 18.3 Å². The van der Waals surface area contributed by atoms with Crippen molar-refractivity contribution in [3.05, 3.63) is 84.1 Å². The molecule has 0 saturated carbocycles. The van der Waals surface area contributed by atoms with E-state index in [-0.39, 0.29) is 12.6 Å². The van der Waals surface area contributed by atoms with Crippen LogP contribution in [-0.2, 0) is 12.7 Å². The van der Waals surface area contributed by atoms with Crippen LogP contribution in [0.1, 0.15) is 24.1 Å². The van der Waals surface area contributed by atoms with Crippen molar-refractivity contribution in [3.8, 4) is 22.3 Å². The molecule has 1 aliphatic rings. The number of likely N-dealkylation sites (tertiary alicyclic amines) is 1. The van der Waals surface area contributed by atoms with Crippen LogP contribution in [0.2, 0.25) is 0 Å². The molecular weight excluding hydrogens is 425 g/mol. The number of aromatic amines is 1. The fraction of sp³-hybridized carbons (Fsp3) is 0.259. The summed E-state index contributed by atoms with van der Waals surface area (Å²) in [6.45, 7) is 1.96. The van der Waals surface area contributed by atoms with Crippen molar-refractivity contribution >= 4 is 10.9 Å². The molecule has 2 heterocycles. The molecule has 6 heteroatoms. The first-order chi connectivity index (χ1) is 15.9. The number of hydrogen-bond donors (Lipinski definition) is 2. The van der Waals surface area contributed by atoms with Gasteiger partial charge in [0.25, 0.3) is 0 Å².